The molecule has 0 saturated carbocycles. The predicted molar refractivity (Wildman–Crippen MR) is 97.4 cm³/mol. The Kier molecular flexibility index (Phi) is 3.84. The maximum absolute atomic E-state index is 12.7. The van der Waals surface area contributed by atoms with Gasteiger partial charge < -0.3 is 14.0 Å². The monoisotopic (exact) mass is 354 g/mol. The first-order valence-electron chi connectivity index (χ1n) is 8.16. The SMILES string of the molecule is CCn1c(=NC(=O)c2cc(C)ccc2C)sc2cc3c(cc21)OCO3. The summed E-state index contributed by atoms with van der Waals surface area (Å²) >= 11 is 1.49. The summed E-state index contributed by atoms with van der Waals surface area (Å²) in [6, 6.07) is 9.76. The van der Waals surface area contributed by atoms with Crippen LogP contribution in [0.15, 0.2) is 35.3 Å². The molecule has 2 aromatic carbocycles. The maximum Gasteiger partial charge on any atom is 0.279 e. The van der Waals surface area contributed by atoms with Crippen LogP contribution >= 0.6 is 11.3 Å². The van der Waals surface area contributed by atoms with Crippen molar-refractivity contribution in [3.8, 4) is 11.5 Å². The molecule has 6 heteroatoms. The van der Waals surface area contributed by atoms with Gasteiger partial charge in [-0.15, -0.1) is 0 Å². The maximum atomic E-state index is 12.7. The zero-order valence-corrected chi connectivity index (χ0v) is 15.1. The molecule has 1 amide bonds. The topological polar surface area (TPSA) is 52.8 Å². The Morgan fingerprint density at radius 2 is 1.96 bits per heavy atom. The third-order valence-corrected chi connectivity index (χ3v) is 5.36. The van der Waals surface area contributed by atoms with Crippen molar-refractivity contribution in [2.45, 2.75) is 27.3 Å². The number of hydrogen-bond donors (Lipinski definition) is 0. The van der Waals surface area contributed by atoms with Crippen LogP contribution < -0.4 is 14.3 Å². The normalized spacial score (nSPS) is 13.6. The van der Waals surface area contributed by atoms with E-state index in [9.17, 15) is 4.79 Å². The minimum atomic E-state index is -0.213. The molecule has 3 aromatic rings. The Morgan fingerprint density at radius 1 is 1.20 bits per heavy atom. The molecule has 0 radical (unpaired) electrons. The largest absolute Gasteiger partial charge is 0.454 e. The molecule has 0 N–H and O–H groups in total. The van der Waals surface area contributed by atoms with E-state index in [-0.39, 0.29) is 12.7 Å². The highest BCUT2D eigenvalue weighted by molar-refractivity contribution is 7.16. The van der Waals surface area contributed by atoms with Crippen LogP contribution in [-0.2, 0) is 6.54 Å². The van der Waals surface area contributed by atoms with Gasteiger partial charge in [0.05, 0.1) is 10.2 Å². The molecule has 5 nitrogen and oxygen atoms in total. The first kappa shape index (κ1) is 15.9. The van der Waals surface area contributed by atoms with Gasteiger partial charge in [-0.05, 0) is 32.4 Å². The molecule has 0 atom stereocenters. The Labute approximate surface area is 149 Å². The van der Waals surface area contributed by atoms with E-state index in [1.165, 1.54) is 11.3 Å². The lowest BCUT2D eigenvalue weighted by Gasteiger charge is -2.03. The van der Waals surface area contributed by atoms with Gasteiger partial charge in [0.15, 0.2) is 16.3 Å². The summed E-state index contributed by atoms with van der Waals surface area (Å²) in [5.41, 5.74) is 3.64. The summed E-state index contributed by atoms with van der Waals surface area (Å²) < 4.78 is 14.0. The fourth-order valence-corrected chi connectivity index (χ4v) is 4.07. The minimum absolute atomic E-state index is 0.213. The highest BCUT2D eigenvalue weighted by Crippen LogP contribution is 2.36. The van der Waals surface area contributed by atoms with E-state index >= 15 is 0 Å². The van der Waals surface area contributed by atoms with Gasteiger partial charge in [-0.1, -0.05) is 29.0 Å². The zero-order valence-electron chi connectivity index (χ0n) is 14.3. The van der Waals surface area contributed by atoms with Crippen molar-refractivity contribution in [1.82, 2.24) is 4.57 Å². The Balaban J connectivity index is 1.87. The van der Waals surface area contributed by atoms with Gasteiger partial charge in [-0.25, -0.2) is 0 Å². The number of benzene rings is 2. The standard InChI is InChI=1S/C19H18N2O3S/c1-4-21-14-8-15-16(24-10-23-15)9-17(14)25-19(21)20-18(22)13-7-11(2)5-6-12(13)3/h5-9H,4,10H2,1-3H3. The second kappa shape index (κ2) is 6.04. The Morgan fingerprint density at radius 3 is 2.72 bits per heavy atom. The number of rotatable bonds is 2. The molecule has 0 spiro atoms. The molecular weight excluding hydrogens is 336 g/mol. The van der Waals surface area contributed by atoms with Gasteiger partial charge in [0.1, 0.15) is 0 Å². The van der Waals surface area contributed by atoms with E-state index in [4.69, 9.17) is 9.47 Å². The molecule has 1 aliphatic heterocycles. The number of aryl methyl sites for hydroxylation is 3. The average Bonchev–Trinajstić information content (AvgIpc) is 3.17. The van der Waals surface area contributed by atoms with E-state index in [1.807, 2.05) is 55.7 Å². The third-order valence-electron chi connectivity index (χ3n) is 4.31. The molecule has 0 aliphatic carbocycles. The molecular formula is C19H18N2O3S. The molecule has 128 valence electrons. The highest BCUT2D eigenvalue weighted by Gasteiger charge is 2.18. The number of nitrogens with zero attached hydrogens (tertiary/aromatic N) is 2. The first-order valence-corrected chi connectivity index (χ1v) is 8.97. The van der Waals surface area contributed by atoms with E-state index in [2.05, 4.69) is 4.99 Å². The van der Waals surface area contributed by atoms with Crippen LogP contribution in [0.1, 0.15) is 28.4 Å². The van der Waals surface area contributed by atoms with Gasteiger partial charge in [0.25, 0.3) is 5.91 Å². The molecule has 4 rings (SSSR count). The number of carbonyl (C=O) groups excluding carboxylic acids is 1. The molecule has 2 heterocycles. The van der Waals surface area contributed by atoms with Crippen LogP contribution in [0.3, 0.4) is 0 Å². The first-order chi connectivity index (χ1) is 12.1. The van der Waals surface area contributed by atoms with Gasteiger partial charge in [-0.3, -0.25) is 4.79 Å². The molecule has 0 saturated heterocycles. The lowest BCUT2D eigenvalue weighted by atomic mass is 10.1. The average molecular weight is 354 g/mol. The summed E-state index contributed by atoms with van der Waals surface area (Å²) in [6.45, 7) is 6.92. The van der Waals surface area contributed by atoms with Crippen LogP contribution in [-0.4, -0.2) is 17.3 Å². The summed E-state index contributed by atoms with van der Waals surface area (Å²) in [5.74, 6) is 1.26. The highest BCUT2D eigenvalue weighted by atomic mass is 32.1. The molecule has 1 aliphatic rings. The van der Waals surface area contributed by atoms with Crippen molar-refractivity contribution in [3.63, 3.8) is 0 Å². The number of fused-ring (bicyclic) bond motifs is 2. The molecule has 0 unspecified atom stereocenters. The quantitative estimate of drug-likeness (QED) is 0.703. The predicted octanol–water partition coefficient (Wildman–Crippen LogP) is 3.81. The van der Waals surface area contributed by atoms with Crippen LogP contribution in [0, 0.1) is 13.8 Å². The number of aromatic nitrogens is 1. The Hall–Kier alpha value is -2.60. The van der Waals surface area contributed by atoms with Gasteiger partial charge in [0.2, 0.25) is 6.79 Å². The number of carbonyl (C=O) groups is 1. The van der Waals surface area contributed by atoms with Crippen molar-refractivity contribution >= 4 is 27.5 Å². The number of amides is 1. The van der Waals surface area contributed by atoms with Crippen molar-refractivity contribution < 1.29 is 14.3 Å². The summed E-state index contributed by atoms with van der Waals surface area (Å²) in [7, 11) is 0. The summed E-state index contributed by atoms with van der Waals surface area (Å²) in [6.07, 6.45) is 0. The third kappa shape index (κ3) is 2.72. The van der Waals surface area contributed by atoms with Crippen LogP contribution in [0.25, 0.3) is 10.2 Å². The minimum Gasteiger partial charge on any atom is -0.454 e. The lowest BCUT2D eigenvalue weighted by Crippen LogP contribution is -2.16. The number of ether oxygens (including phenoxy) is 2. The van der Waals surface area contributed by atoms with Crippen molar-refractivity contribution in [2.24, 2.45) is 4.99 Å². The van der Waals surface area contributed by atoms with E-state index in [1.54, 1.807) is 0 Å². The van der Waals surface area contributed by atoms with Gasteiger partial charge >= 0.3 is 0 Å². The van der Waals surface area contributed by atoms with Crippen LogP contribution in [0.2, 0.25) is 0 Å². The zero-order chi connectivity index (χ0) is 17.6. The van der Waals surface area contributed by atoms with Crippen molar-refractivity contribution in [1.29, 1.82) is 0 Å². The smallest absolute Gasteiger partial charge is 0.279 e. The van der Waals surface area contributed by atoms with Crippen molar-refractivity contribution in [3.05, 3.63) is 51.8 Å². The number of thiazole rings is 1. The van der Waals surface area contributed by atoms with Crippen LogP contribution in [0.4, 0.5) is 0 Å². The summed E-state index contributed by atoms with van der Waals surface area (Å²) in [4.78, 5) is 17.8. The second-order valence-electron chi connectivity index (χ2n) is 6.04. The van der Waals surface area contributed by atoms with E-state index < -0.39 is 0 Å². The number of hydrogen-bond acceptors (Lipinski definition) is 4. The molecule has 1 aromatic heterocycles. The van der Waals surface area contributed by atoms with Gasteiger partial charge in [0, 0.05) is 24.2 Å². The molecule has 25 heavy (non-hydrogen) atoms. The molecule has 0 fully saturated rings. The van der Waals surface area contributed by atoms with E-state index in [0.717, 1.165) is 39.4 Å². The summed E-state index contributed by atoms with van der Waals surface area (Å²) in [5, 5.41) is 0. The second-order valence-corrected chi connectivity index (χ2v) is 7.05. The fraction of sp³-hybridized carbons (Fsp3) is 0.263. The van der Waals surface area contributed by atoms with Crippen molar-refractivity contribution in [2.75, 3.05) is 6.79 Å². The van der Waals surface area contributed by atoms with Crippen LogP contribution in [0.5, 0.6) is 11.5 Å². The molecule has 0 bridgehead atoms. The van der Waals surface area contributed by atoms with E-state index in [0.29, 0.717) is 10.4 Å². The lowest BCUT2D eigenvalue weighted by molar-refractivity contribution is 0.0997. The van der Waals surface area contributed by atoms with Gasteiger partial charge in [-0.2, -0.15) is 4.99 Å². The Bertz CT molecular complexity index is 1060. The fourth-order valence-electron chi connectivity index (χ4n) is 2.96.